The van der Waals surface area contributed by atoms with Crippen molar-refractivity contribution in [3.63, 3.8) is 0 Å². The summed E-state index contributed by atoms with van der Waals surface area (Å²) >= 11 is 0. The van der Waals surface area contributed by atoms with Gasteiger partial charge >= 0.3 is 0 Å². The highest BCUT2D eigenvalue weighted by Gasteiger charge is 2.33. The largest absolute Gasteiger partial charge is 0.367 e. The van der Waals surface area contributed by atoms with Gasteiger partial charge in [0, 0.05) is 30.7 Å². The molecule has 0 bridgehead atoms. The zero-order valence-electron chi connectivity index (χ0n) is 12.2. The summed E-state index contributed by atoms with van der Waals surface area (Å²) in [5.41, 5.74) is 6.30. The Kier molecular flexibility index (Phi) is 3.05. The summed E-state index contributed by atoms with van der Waals surface area (Å²) in [7, 11) is 2.14. The van der Waals surface area contributed by atoms with Crippen LogP contribution in [0.4, 0.5) is 0 Å². The van der Waals surface area contributed by atoms with Crippen molar-refractivity contribution in [3.05, 3.63) is 52.5 Å². The molecule has 1 atom stereocenters. The van der Waals surface area contributed by atoms with E-state index >= 15 is 0 Å². The predicted molar refractivity (Wildman–Crippen MR) is 76.3 cm³/mol. The van der Waals surface area contributed by atoms with Crippen molar-refractivity contribution in [2.75, 3.05) is 7.05 Å². The molecule has 0 fully saturated rings. The standard InChI is InChI=1S/C16H22N2/c1-11-7-8-17-14(4)15(11)16(5)9-12(2)13(3)10-18(16)6/h7-10H,1-6H3. The van der Waals surface area contributed by atoms with Crippen LogP contribution in [0.5, 0.6) is 0 Å². The fraction of sp³-hybridized carbons (Fsp3) is 0.438. The third kappa shape index (κ3) is 1.86. The van der Waals surface area contributed by atoms with Crippen molar-refractivity contribution < 1.29 is 0 Å². The van der Waals surface area contributed by atoms with Crippen molar-refractivity contribution in [1.82, 2.24) is 9.88 Å². The lowest BCUT2D eigenvalue weighted by Gasteiger charge is -2.41. The Balaban J connectivity index is 2.63. The maximum atomic E-state index is 4.46. The summed E-state index contributed by atoms with van der Waals surface area (Å²) in [4.78, 5) is 6.75. The van der Waals surface area contributed by atoms with E-state index in [9.17, 15) is 0 Å². The van der Waals surface area contributed by atoms with Crippen molar-refractivity contribution in [3.8, 4) is 0 Å². The number of allylic oxidation sites excluding steroid dienone is 2. The summed E-state index contributed by atoms with van der Waals surface area (Å²) in [5, 5.41) is 0. The molecule has 0 aromatic carbocycles. The highest BCUT2D eigenvalue weighted by Crippen LogP contribution is 2.38. The molecule has 1 aliphatic rings. The Morgan fingerprint density at radius 2 is 1.78 bits per heavy atom. The molecule has 1 aromatic rings. The van der Waals surface area contributed by atoms with E-state index in [4.69, 9.17) is 0 Å². The van der Waals surface area contributed by atoms with E-state index in [1.165, 1.54) is 22.3 Å². The predicted octanol–water partition coefficient (Wildman–Crippen LogP) is 3.71. The second-order valence-corrected chi connectivity index (χ2v) is 5.49. The van der Waals surface area contributed by atoms with Crippen LogP contribution < -0.4 is 0 Å². The number of likely N-dealkylation sites (N-methyl/N-ethyl adjacent to an activating group) is 1. The van der Waals surface area contributed by atoms with E-state index in [0.717, 1.165) is 5.69 Å². The molecule has 0 N–H and O–H groups in total. The molecule has 1 unspecified atom stereocenters. The van der Waals surface area contributed by atoms with Gasteiger partial charge in [0.15, 0.2) is 0 Å². The van der Waals surface area contributed by atoms with E-state index in [2.05, 4.69) is 69.9 Å². The molecule has 0 saturated carbocycles. The van der Waals surface area contributed by atoms with Gasteiger partial charge < -0.3 is 4.90 Å². The molecule has 2 rings (SSSR count). The van der Waals surface area contributed by atoms with Gasteiger partial charge in [-0.25, -0.2) is 0 Å². The monoisotopic (exact) mass is 242 g/mol. The average molecular weight is 242 g/mol. The van der Waals surface area contributed by atoms with Gasteiger partial charge in [0.25, 0.3) is 0 Å². The van der Waals surface area contributed by atoms with Crippen LogP contribution in [0.2, 0.25) is 0 Å². The van der Waals surface area contributed by atoms with Crippen LogP contribution in [0.3, 0.4) is 0 Å². The smallest absolute Gasteiger partial charge is 0.0826 e. The third-order valence-corrected chi connectivity index (χ3v) is 4.09. The van der Waals surface area contributed by atoms with Crippen LogP contribution in [0.1, 0.15) is 37.6 Å². The molecule has 2 nitrogen and oxygen atoms in total. The fourth-order valence-corrected chi connectivity index (χ4v) is 2.87. The first kappa shape index (κ1) is 12.9. The molecule has 0 aliphatic carbocycles. The lowest BCUT2D eigenvalue weighted by Crippen LogP contribution is -2.39. The topological polar surface area (TPSA) is 16.1 Å². The van der Waals surface area contributed by atoms with Gasteiger partial charge in [0.2, 0.25) is 0 Å². The number of hydrogen-bond donors (Lipinski definition) is 0. The first-order chi connectivity index (χ1) is 8.36. The number of hydrogen-bond acceptors (Lipinski definition) is 2. The van der Waals surface area contributed by atoms with Crippen molar-refractivity contribution >= 4 is 0 Å². The summed E-state index contributed by atoms with van der Waals surface area (Å²) < 4.78 is 0. The number of pyridine rings is 1. The minimum Gasteiger partial charge on any atom is -0.367 e. The van der Waals surface area contributed by atoms with E-state index < -0.39 is 0 Å². The summed E-state index contributed by atoms with van der Waals surface area (Å²) in [6.45, 7) is 10.9. The molecular weight excluding hydrogens is 220 g/mol. The second kappa shape index (κ2) is 4.27. The molecular formula is C16H22N2. The zero-order valence-corrected chi connectivity index (χ0v) is 12.2. The van der Waals surface area contributed by atoms with Gasteiger partial charge in [0.1, 0.15) is 0 Å². The van der Waals surface area contributed by atoms with Crippen LogP contribution >= 0.6 is 0 Å². The van der Waals surface area contributed by atoms with Crippen LogP contribution in [0, 0.1) is 13.8 Å². The summed E-state index contributed by atoms with van der Waals surface area (Å²) in [6.07, 6.45) is 6.46. The molecule has 0 radical (unpaired) electrons. The Labute approximate surface area is 110 Å². The second-order valence-electron chi connectivity index (χ2n) is 5.49. The van der Waals surface area contributed by atoms with Gasteiger partial charge in [-0.2, -0.15) is 0 Å². The highest BCUT2D eigenvalue weighted by atomic mass is 15.2. The van der Waals surface area contributed by atoms with E-state index in [1.54, 1.807) is 0 Å². The minimum atomic E-state index is -0.105. The van der Waals surface area contributed by atoms with Gasteiger partial charge in [-0.1, -0.05) is 6.08 Å². The van der Waals surface area contributed by atoms with Crippen molar-refractivity contribution in [2.45, 2.75) is 40.2 Å². The number of nitrogens with zero attached hydrogens (tertiary/aromatic N) is 2. The van der Waals surface area contributed by atoms with Gasteiger partial charge in [-0.3, -0.25) is 4.98 Å². The van der Waals surface area contributed by atoms with Crippen LogP contribution in [0.25, 0.3) is 0 Å². The van der Waals surface area contributed by atoms with Gasteiger partial charge in [-0.15, -0.1) is 0 Å². The van der Waals surface area contributed by atoms with E-state index in [0.29, 0.717) is 0 Å². The van der Waals surface area contributed by atoms with Crippen molar-refractivity contribution in [1.29, 1.82) is 0 Å². The molecule has 2 heteroatoms. The Bertz CT molecular complexity index is 520. The molecule has 2 heterocycles. The molecule has 1 aliphatic heterocycles. The quantitative estimate of drug-likeness (QED) is 0.746. The lowest BCUT2D eigenvalue weighted by atomic mass is 9.82. The van der Waals surface area contributed by atoms with E-state index in [1.807, 2.05) is 6.20 Å². The van der Waals surface area contributed by atoms with Crippen LogP contribution in [-0.4, -0.2) is 16.9 Å². The lowest BCUT2D eigenvalue weighted by molar-refractivity contribution is 0.254. The SMILES string of the molecule is CC1=CN(C)C(C)(c2c(C)ccnc2C)C=C1C. The van der Waals surface area contributed by atoms with Crippen LogP contribution in [-0.2, 0) is 5.54 Å². The first-order valence-electron chi connectivity index (χ1n) is 6.40. The average Bonchev–Trinajstić information content (AvgIpc) is 2.26. The Morgan fingerprint density at radius 3 is 2.39 bits per heavy atom. The van der Waals surface area contributed by atoms with Crippen molar-refractivity contribution in [2.24, 2.45) is 0 Å². The highest BCUT2D eigenvalue weighted by molar-refractivity contribution is 5.44. The minimum absolute atomic E-state index is 0.105. The molecule has 0 spiro atoms. The first-order valence-corrected chi connectivity index (χ1v) is 6.40. The van der Waals surface area contributed by atoms with Gasteiger partial charge in [-0.05, 0) is 57.4 Å². The zero-order chi connectivity index (χ0) is 13.5. The van der Waals surface area contributed by atoms with E-state index in [-0.39, 0.29) is 5.54 Å². The molecule has 1 aromatic heterocycles. The Hall–Kier alpha value is -1.57. The van der Waals surface area contributed by atoms with Gasteiger partial charge in [0.05, 0.1) is 5.54 Å². The number of aromatic nitrogens is 1. The third-order valence-electron chi connectivity index (χ3n) is 4.09. The number of aryl methyl sites for hydroxylation is 2. The normalized spacial score (nSPS) is 23.8. The Morgan fingerprint density at radius 1 is 1.11 bits per heavy atom. The summed E-state index contributed by atoms with van der Waals surface area (Å²) in [5.74, 6) is 0. The number of rotatable bonds is 1. The maximum Gasteiger partial charge on any atom is 0.0826 e. The molecule has 96 valence electrons. The molecule has 18 heavy (non-hydrogen) atoms. The summed E-state index contributed by atoms with van der Waals surface area (Å²) in [6, 6.07) is 2.09. The molecule has 0 saturated heterocycles. The fourth-order valence-electron chi connectivity index (χ4n) is 2.87. The maximum absolute atomic E-state index is 4.46. The molecule has 0 amide bonds. The van der Waals surface area contributed by atoms with Crippen LogP contribution in [0.15, 0.2) is 35.7 Å².